The zero-order valence-electron chi connectivity index (χ0n) is 16.9. The average Bonchev–Trinajstić information content (AvgIpc) is 3.45. The number of rotatable bonds is 8. The van der Waals surface area contributed by atoms with Crippen LogP contribution < -0.4 is 10.6 Å². The summed E-state index contributed by atoms with van der Waals surface area (Å²) in [6.07, 6.45) is 0.274. The van der Waals surface area contributed by atoms with Crippen LogP contribution in [-0.2, 0) is 20.9 Å². The molecule has 0 aliphatic rings. The number of nitrogens with zero attached hydrogens (tertiary/aromatic N) is 3. The smallest absolute Gasteiger partial charge is 0.321 e. The van der Waals surface area contributed by atoms with Gasteiger partial charge in [0.2, 0.25) is 6.10 Å². The van der Waals surface area contributed by atoms with Crippen LogP contribution in [0.25, 0.3) is 11.6 Å². The summed E-state index contributed by atoms with van der Waals surface area (Å²) in [5.74, 6) is -0.376. The Morgan fingerprint density at radius 1 is 1.16 bits per heavy atom. The molecule has 2 N–H and O–H groups in total. The fourth-order valence-corrected chi connectivity index (χ4v) is 3.48. The van der Waals surface area contributed by atoms with Gasteiger partial charge in [-0.1, -0.05) is 42.1 Å². The highest BCUT2D eigenvalue weighted by Gasteiger charge is 2.27. The Kier molecular flexibility index (Phi) is 7.44. The molecule has 0 fully saturated rings. The van der Waals surface area contributed by atoms with E-state index in [1.165, 1.54) is 7.05 Å². The lowest BCUT2D eigenvalue weighted by atomic mass is 10.1. The molecule has 0 saturated heterocycles. The topological polar surface area (TPSA) is 128 Å². The molecule has 162 valence electrons. The molecule has 3 aromatic rings. The van der Waals surface area contributed by atoms with Crippen molar-refractivity contribution in [2.45, 2.75) is 24.7 Å². The first-order valence-electron chi connectivity index (χ1n) is 9.40. The van der Waals surface area contributed by atoms with Crippen LogP contribution in [0.5, 0.6) is 0 Å². The molecule has 0 unspecified atom stereocenters. The summed E-state index contributed by atoms with van der Waals surface area (Å²) in [6.45, 7) is 2.49. The van der Waals surface area contributed by atoms with Gasteiger partial charge in [-0.25, -0.2) is 4.79 Å². The van der Waals surface area contributed by atoms with Gasteiger partial charge < -0.3 is 14.5 Å². The number of ether oxygens (including phenoxy) is 1. The van der Waals surface area contributed by atoms with Gasteiger partial charge in [0, 0.05) is 19.2 Å². The molecular formula is C20H21N5O5S. The zero-order valence-corrected chi connectivity index (χ0v) is 17.7. The van der Waals surface area contributed by atoms with Crippen molar-refractivity contribution in [3.05, 3.63) is 54.3 Å². The van der Waals surface area contributed by atoms with Crippen LogP contribution in [0, 0.1) is 0 Å². The standard InChI is InChI=1S/C20H21N5O5S/c1-3-25-17(14-10-7-11-29-14)23-24-20(25)31-12-15(26)30-16(13-8-5-4-6-9-13)18(27)22-19(28)21-2/h4-11,16H,3,12H2,1-2H3,(H2,21,22,27,28)/t16-/m0/s1. The number of aromatic nitrogens is 3. The van der Waals surface area contributed by atoms with Gasteiger partial charge in [-0.15, -0.1) is 10.2 Å². The number of hydrogen-bond acceptors (Lipinski definition) is 8. The van der Waals surface area contributed by atoms with Gasteiger partial charge in [0.1, 0.15) is 0 Å². The van der Waals surface area contributed by atoms with Crippen LogP contribution in [0.4, 0.5) is 4.79 Å². The lowest BCUT2D eigenvalue weighted by Crippen LogP contribution is -2.41. The van der Waals surface area contributed by atoms with E-state index >= 15 is 0 Å². The largest absolute Gasteiger partial charge is 0.461 e. The molecule has 1 atom stereocenters. The average molecular weight is 443 g/mol. The van der Waals surface area contributed by atoms with Crippen LogP contribution in [0.3, 0.4) is 0 Å². The second kappa shape index (κ2) is 10.4. The number of thioether (sulfide) groups is 1. The number of esters is 1. The summed E-state index contributed by atoms with van der Waals surface area (Å²) in [7, 11) is 1.38. The summed E-state index contributed by atoms with van der Waals surface area (Å²) in [5.41, 5.74) is 0.444. The molecule has 2 aromatic heterocycles. The maximum atomic E-state index is 12.5. The summed E-state index contributed by atoms with van der Waals surface area (Å²) >= 11 is 1.13. The second-order valence-electron chi connectivity index (χ2n) is 6.17. The van der Waals surface area contributed by atoms with Crippen molar-refractivity contribution < 1.29 is 23.5 Å². The molecule has 0 spiro atoms. The molecule has 3 rings (SSSR count). The minimum Gasteiger partial charge on any atom is -0.461 e. The summed E-state index contributed by atoms with van der Waals surface area (Å²) in [5, 5.41) is 13.2. The lowest BCUT2D eigenvalue weighted by Gasteiger charge is -2.17. The Bertz CT molecular complexity index is 1040. The van der Waals surface area contributed by atoms with E-state index in [2.05, 4.69) is 20.8 Å². The van der Waals surface area contributed by atoms with E-state index in [0.717, 1.165) is 11.8 Å². The van der Waals surface area contributed by atoms with E-state index in [1.54, 1.807) is 48.7 Å². The number of benzene rings is 1. The number of urea groups is 1. The molecule has 31 heavy (non-hydrogen) atoms. The van der Waals surface area contributed by atoms with Crippen LogP contribution in [0.2, 0.25) is 0 Å². The highest BCUT2D eigenvalue weighted by molar-refractivity contribution is 7.99. The Morgan fingerprint density at radius 3 is 2.58 bits per heavy atom. The maximum Gasteiger partial charge on any atom is 0.321 e. The molecule has 0 saturated carbocycles. The van der Waals surface area contributed by atoms with Crippen LogP contribution in [-0.4, -0.2) is 45.5 Å². The first kappa shape index (κ1) is 22.1. The number of furan rings is 1. The van der Waals surface area contributed by atoms with Gasteiger partial charge in [0.05, 0.1) is 12.0 Å². The van der Waals surface area contributed by atoms with E-state index in [9.17, 15) is 14.4 Å². The van der Waals surface area contributed by atoms with Crippen molar-refractivity contribution >= 4 is 29.7 Å². The summed E-state index contributed by atoms with van der Waals surface area (Å²) < 4.78 is 12.6. The molecule has 2 heterocycles. The number of carbonyl (C=O) groups excluding carboxylic acids is 3. The van der Waals surface area contributed by atoms with E-state index in [-0.39, 0.29) is 5.75 Å². The van der Waals surface area contributed by atoms with Gasteiger partial charge in [-0.3, -0.25) is 19.5 Å². The number of carbonyl (C=O) groups is 3. The third-order valence-corrected chi connectivity index (χ3v) is 5.09. The Morgan fingerprint density at radius 2 is 1.94 bits per heavy atom. The fourth-order valence-electron chi connectivity index (χ4n) is 2.70. The summed E-state index contributed by atoms with van der Waals surface area (Å²) in [4.78, 5) is 36.5. The lowest BCUT2D eigenvalue weighted by molar-refractivity contribution is -0.153. The van der Waals surface area contributed by atoms with Crippen molar-refractivity contribution in [3.8, 4) is 11.6 Å². The Labute approximate surface area is 182 Å². The molecule has 3 amide bonds. The molecule has 0 aliphatic heterocycles. The third kappa shape index (κ3) is 5.51. The van der Waals surface area contributed by atoms with Crippen molar-refractivity contribution in [3.63, 3.8) is 0 Å². The third-order valence-electron chi connectivity index (χ3n) is 4.15. The number of hydrogen-bond donors (Lipinski definition) is 2. The van der Waals surface area contributed by atoms with Crippen molar-refractivity contribution in [1.29, 1.82) is 0 Å². The number of amides is 3. The first-order valence-corrected chi connectivity index (χ1v) is 10.4. The molecule has 10 nitrogen and oxygen atoms in total. The summed E-state index contributed by atoms with van der Waals surface area (Å²) in [6, 6.07) is 11.3. The SMILES string of the molecule is CCn1c(SCC(=O)O[C@H](C(=O)NC(=O)NC)c2ccccc2)nnc1-c1ccco1. The first-order chi connectivity index (χ1) is 15.0. The van der Waals surface area contributed by atoms with Crippen molar-refractivity contribution in [1.82, 2.24) is 25.4 Å². The van der Waals surface area contributed by atoms with Crippen LogP contribution in [0.1, 0.15) is 18.6 Å². The van der Waals surface area contributed by atoms with E-state index in [1.807, 2.05) is 11.5 Å². The molecule has 11 heteroatoms. The van der Waals surface area contributed by atoms with Crippen LogP contribution >= 0.6 is 11.8 Å². The van der Waals surface area contributed by atoms with Gasteiger partial charge in [0.15, 0.2) is 16.7 Å². The fraction of sp³-hybridized carbons (Fsp3) is 0.250. The normalized spacial score (nSPS) is 11.5. The predicted molar refractivity (Wildman–Crippen MR) is 112 cm³/mol. The molecule has 0 bridgehead atoms. The zero-order chi connectivity index (χ0) is 22.2. The number of imide groups is 1. The van der Waals surface area contributed by atoms with Gasteiger partial charge in [-0.05, 0) is 19.1 Å². The molecule has 0 radical (unpaired) electrons. The van der Waals surface area contributed by atoms with Crippen LogP contribution in [0.15, 0.2) is 58.3 Å². The minimum atomic E-state index is -1.27. The van der Waals surface area contributed by atoms with Crippen molar-refractivity contribution in [2.75, 3.05) is 12.8 Å². The second-order valence-corrected chi connectivity index (χ2v) is 7.11. The quantitative estimate of drug-likeness (QED) is 0.401. The molecule has 0 aliphatic carbocycles. The highest BCUT2D eigenvalue weighted by Crippen LogP contribution is 2.25. The highest BCUT2D eigenvalue weighted by atomic mass is 32.2. The molecular weight excluding hydrogens is 422 g/mol. The van der Waals surface area contributed by atoms with Gasteiger partial charge in [-0.2, -0.15) is 0 Å². The predicted octanol–water partition coefficient (Wildman–Crippen LogP) is 2.39. The van der Waals surface area contributed by atoms with Crippen molar-refractivity contribution in [2.24, 2.45) is 0 Å². The minimum absolute atomic E-state index is 0.104. The van der Waals surface area contributed by atoms with E-state index in [0.29, 0.717) is 28.8 Å². The Balaban J connectivity index is 1.69. The van der Waals surface area contributed by atoms with E-state index < -0.39 is 24.0 Å². The maximum absolute atomic E-state index is 12.5. The van der Waals surface area contributed by atoms with Gasteiger partial charge >= 0.3 is 12.0 Å². The van der Waals surface area contributed by atoms with Gasteiger partial charge in [0.25, 0.3) is 5.91 Å². The van der Waals surface area contributed by atoms with E-state index in [4.69, 9.17) is 9.15 Å². The molecule has 1 aromatic carbocycles. The number of nitrogens with one attached hydrogen (secondary N) is 2. The monoisotopic (exact) mass is 443 g/mol. The Hall–Kier alpha value is -3.60.